The van der Waals surface area contributed by atoms with Crippen molar-refractivity contribution in [3.8, 4) is 0 Å². The predicted molar refractivity (Wildman–Crippen MR) is 69.3 cm³/mol. The fourth-order valence-corrected chi connectivity index (χ4v) is 2.16. The molecular formula is C12H12N2O4S. The van der Waals surface area contributed by atoms with Crippen LogP contribution in [0.1, 0.15) is 11.3 Å². The molecule has 0 unspecified atom stereocenters. The van der Waals surface area contributed by atoms with E-state index in [1.54, 1.807) is 0 Å². The fraction of sp³-hybridized carbons (Fsp3) is 0.167. The lowest BCUT2D eigenvalue weighted by atomic mass is 10.2. The maximum Gasteiger partial charge on any atom is 0.270 e. The average molecular weight is 280 g/mol. The lowest BCUT2D eigenvalue weighted by molar-refractivity contribution is 0.481. The van der Waals surface area contributed by atoms with E-state index in [0.717, 1.165) is 11.6 Å². The van der Waals surface area contributed by atoms with Gasteiger partial charge in [-0.15, -0.1) is 0 Å². The average Bonchev–Trinajstić information content (AvgIpc) is 2.32. The van der Waals surface area contributed by atoms with Crippen molar-refractivity contribution < 1.29 is 13.0 Å². The molecule has 2 rings (SSSR count). The Balaban J connectivity index is 2.23. The van der Waals surface area contributed by atoms with Gasteiger partial charge in [0.15, 0.2) is 0 Å². The molecule has 0 amide bonds. The molecule has 0 saturated carbocycles. The van der Waals surface area contributed by atoms with E-state index in [2.05, 4.69) is 4.98 Å². The van der Waals surface area contributed by atoms with Crippen LogP contribution < -0.4 is 5.56 Å². The molecule has 0 radical (unpaired) electrons. The van der Waals surface area contributed by atoms with Crippen LogP contribution in [-0.2, 0) is 22.4 Å². The normalized spacial score (nSPS) is 11.4. The van der Waals surface area contributed by atoms with Crippen LogP contribution in [0.5, 0.6) is 0 Å². The van der Waals surface area contributed by atoms with Crippen LogP contribution >= 0.6 is 0 Å². The molecule has 0 atom stereocenters. The zero-order chi connectivity index (χ0) is 13.9. The van der Waals surface area contributed by atoms with Crippen LogP contribution in [0.15, 0.2) is 47.5 Å². The van der Waals surface area contributed by atoms with Crippen LogP contribution in [0, 0.1) is 0 Å². The van der Waals surface area contributed by atoms with E-state index in [1.165, 1.54) is 10.9 Å². The van der Waals surface area contributed by atoms with Crippen molar-refractivity contribution in [2.45, 2.75) is 12.3 Å². The standard InChI is InChI=1S/C12H12N2O4S/c15-12-6-11(8-19(16,17)18)13-9-14(12)7-10-4-2-1-3-5-10/h1-6,9H,7-8H2,(H,16,17,18). The number of hydrogen-bond acceptors (Lipinski definition) is 4. The Kier molecular flexibility index (Phi) is 3.77. The molecule has 0 saturated heterocycles. The first-order valence-corrected chi connectivity index (χ1v) is 7.09. The maximum absolute atomic E-state index is 11.8. The van der Waals surface area contributed by atoms with E-state index in [9.17, 15) is 13.2 Å². The Bertz CT molecular complexity index is 723. The molecule has 1 N–H and O–H groups in total. The topological polar surface area (TPSA) is 89.3 Å². The van der Waals surface area contributed by atoms with Crippen molar-refractivity contribution >= 4 is 10.1 Å². The quantitative estimate of drug-likeness (QED) is 0.832. The summed E-state index contributed by atoms with van der Waals surface area (Å²) in [7, 11) is -4.18. The zero-order valence-corrected chi connectivity index (χ0v) is 10.7. The Hall–Kier alpha value is -1.99. The molecule has 2 aromatic rings. The third-order valence-electron chi connectivity index (χ3n) is 2.46. The zero-order valence-electron chi connectivity index (χ0n) is 9.93. The van der Waals surface area contributed by atoms with Crippen molar-refractivity contribution in [2.24, 2.45) is 0 Å². The number of hydrogen-bond donors (Lipinski definition) is 1. The van der Waals surface area contributed by atoms with Gasteiger partial charge < -0.3 is 0 Å². The summed E-state index contributed by atoms with van der Waals surface area (Å²) in [6.07, 6.45) is 1.27. The lowest BCUT2D eigenvalue weighted by Crippen LogP contribution is -2.22. The molecule has 0 spiro atoms. The second-order valence-electron chi connectivity index (χ2n) is 4.06. The molecule has 1 heterocycles. The molecule has 6 nitrogen and oxygen atoms in total. The van der Waals surface area contributed by atoms with E-state index >= 15 is 0 Å². The Labute approximate surface area is 110 Å². The van der Waals surface area contributed by atoms with Crippen LogP contribution in [0.3, 0.4) is 0 Å². The third-order valence-corrected chi connectivity index (χ3v) is 3.12. The van der Waals surface area contributed by atoms with Gasteiger partial charge in [-0.3, -0.25) is 13.9 Å². The first-order valence-electron chi connectivity index (χ1n) is 5.48. The SMILES string of the molecule is O=c1cc(CS(=O)(=O)O)ncn1Cc1ccccc1. The predicted octanol–water partition coefficient (Wildman–Crippen LogP) is 0.679. The summed E-state index contributed by atoms with van der Waals surface area (Å²) in [6.45, 7) is 0.360. The van der Waals surface area contributed by atoms with Crippen molar-refractivity contribution in [1.29, 1.82) is 0 Å². The molecule has 0 bridgehead atoms. The number of rotatable bonds is 4. The number of benzene rings is 1. The van der Waals surface area contributed by atoms with Crippen molar-refractivity contribution in [3.05, 3.63) is 64.3 Å². The molecule has 1 aromatic heterocycles. The van der Waals surface area contributed by atoms with E-state index in [1.807, 2.05) is 30.3 Å². The molecule has 0 aliphatic carbocycles. The summed E-state index contributed by atoms with van der Waals surface area (Å²) in [5.74, 6) is -0.658. The first kappa shape index (κ1) is 13.4. The van der Waals surface area contributed by atoms with Gasteiger partial charge in [0.25, 0.3) is 15.7 Å². The monoisotopic (exact) mass is 280 g/mol. The minimum absolute atomic E-state index is 0.0248. The van der Waals surface area contributed by atoms with Gasteiger partial charge in [0, 0.05) is 6.07 Å². The van der Waals surface area contributed by atoms with Gasteiger partial charge in [0.2, 0.25) is 0 Å². The minimum Gasteiger partial charge on any atom is -0.295 e. The highest BCUT2D eigenvalue weighted by Gasteiger charge is 2.09. The second-order valence-corrected chi connectivity index (χ2v) is 5.51. The van der Waals surface area contributed by atoms with Gasteiger partial charge in [-0.25, -0.2) is 4.98 Å². The lowest BCUT2D eigenvalue weighted by Gasteiger charge is -2.05. The van der Waals surface area contributed by atoms with Gasteiger partial charge >= 0.3 is 0 Å². The molecule has 0 fully saturated rings. The second kappa shape index (κ2) is 5.33. The van der Waals surface area contributed by atoms with Crippen LogP contribution in [-0.4, -0.2) is 22.5 Å². The molecular weight excluding hydrogens is 268 g/mol. The molecule has 0 aliphatic rings. The van der Waals surface area contributed by atoms with Crippen LogP contribution in [0.25, 0.3) is 0 Å². The molecule has 0 aliphatic heterocycles. The summed E-state index contributed by atoms with van der Waals surface area (Å²) >= 11 is 0. The highest BCUT2D eigenvalue weighted by Crippen LogP contribution is 2.01. The van der Waals surface area contributed by atoms with Crippen molar-refractivity contribution in [1.82, 2.24) is 9.55 Å². The largest absolute Gasteiger partial charge is 0.295 e. The van der Waals surface area contributed by atoms with E-state index < -0.39 is 15.9 Å². The summed E-state index contributed by atoms with van der Waals surface area (Å²) in [4.78, 5) is 15.6. The smallest absolute Gasteiger partial charge is 0.270 e. The summed E-state index contributed by atoms with van der Waals surface area (Å²) in [5.41, 5.74) is 0.600. The van der Waals surface area contributed by atoms with Crippen LogP contribution in [0.4, 0.5) is 0 Å². The molecule has 19 heavy (non-hydrogen) atoms. The van der Waals surface area contributed by atoms with Crippen LogP contribution in [0.2, 0.25) is 0 Å². The Morgan fingerprint density at radius 2 is 1.89 bits per heavy atom. The Morgan fingerprint density at radius 3 is 2.47 bits per heavy atom. The van der Waals surface area contributed by atoms with Crippen molar-refractivity contribution in [3.63, 3.8) is 0 Å². The maximum atomic E-state index is 11.8. The number of nitrogens with zero attached hydrogens (tertiary/aromatic N) is 2. The van der Waals surface area contributed by atoms with E-state index in [0.29, 0.717) is 6.54 Å². The van der Waals surface area contributed by atoms with E-state index in [4.69, 9.17) is 4.55 Å². The van der Waals surface area contributed by atoms with Gasteiger partial charge in [-0.2, -0.15) is 8.42 Å². The summed E-state index contributed by atoms with van der Waals surface area (Å²) < 4.78 is 31.4. The van der Waals surface area contributed by atoms with E-state index in [-0.39, 0.29) is 11.3 Å². The molecule has 100 valence electrons. The third kappa shape index (κ3) is 4.01. The van der Waals surface area contributed by atoms with Gasteiger partial charge in [0.05, 0.1) is 18.6 Å². The van der Waals surface area contributed by atoms with Gasteiger partial charge in [-0.05, 0) is 5.56 Å². The molecule has 1 aromatic carbocycles. The van der Waals surface area contributed by atoms with Gasteiger partial charge in [0.1, 0.15) is 5.75 Å². The highest BCUT2D eigenvalue weighted by atomic mass is 32.2. The minimum atomic E-state index is -4.18. The summed E-state index contributed by atoms with van der Waals surface area (Å²) in [5, 5.41) is 0. The highest BCUT2D eigenvalue weighted by molar-refractivity contribution is 7.84. The summed E-state index contributed by atoms with van der Waals surface area (Å²) in [6, 6.07) is 10.5. The fourth-order valence-electron chi connectivity index (χ4n) is 1.63. The van der Waals surface area contributed by atoms with Crippen molar-refractivity contribution in [2.75, 3.05) is 0 Å². The Morgan fingerprint density at radius 1 is 1.21 bits per heavy atom. The molecule has 7 heteroatoms. The number of aromatic nitrogens is 2. The van der Waals surface area contributed by atoms with Gasteiger partial charge in [-0.1, -0.05) is 30.3 Å². The first-order chi connectivity index (χ1) is 8.94.